The lowest BCUT2D eigenvalue weighted by Crippen LogP contribution is -2.06. The number of hydrogen-bond donors (Lipinski definition) is 3. The number of imidazole rings is 3. The first kappa shape index (κ1) is 49.8. The Bertz CT molecular complexity index is 2850. The van der Waals surface area contributed by atoms with Crippen LogP contribution in [0, 0.1) is 19.7 Å². The van der Waals surface area contributed by atoms with E-state index in [1.165, 1.54) is 18.2 Å². The maximum atomic E-state index is 13.2. The number of aryl methyl sites for hydroxylation is 2. The van der Waals surface area contributed by atoms with E-state index in [0.29, 0.717) is 34.3 Å². The Morgan fingerprint density at radius 3 is 1.56 bits per heavy atom. The molecule has 6 nitrogen and oxygen atoms in total. The minimum absolute atomic E-state index is 0.00630. The van der Waals surface area contributed by atoms with Crippen LogP contribution in [-0.4, -0.2) is 29.9 Å². The van der Waals surface area contributed by atoms with E-state index in [0.717, 1.165) is 60.9 Å². The second-order valence-electron chi connectivity index (χ2n) is 16.8. The SMILES string of the molecule is CC(C)c1nc2ccc(-c3ccc(F)c(Cl)c3)cc2[nH]1.CC(C)c1nc2ccc(Br)cc2[nH]1.Cc1cc(C(C)C)cc(C(F)(F)F)c1.Cc1cc(C(F)(F)F)c2nc(C(C)C)[nH]c2c1. The fraction of sp³-hybridized carbons (Fsp3) is 0.327. The Morgan fingerprint density at radius 2 is 1.03 bits per heavy atom. The van der Waals surface area contributed by atoms with E-state index in [2.05, 4.69) is 73.5 Å². The maximum absolute atomic E-state index is 13.2. The van der Waals surface area contributed by atoms with E-state index < -0.39 is 29.3 Å². The minimum Gasteiger partial charge on any atom is -0.342 e. The molecule has 15 heteroatoms. The van der Waals surface area contributed by atoms with Crippen molar-refractivity contribution in [2.45, 2.75) is 105 Å². The highest BCUT2D eigenvalue weighted by Gasteiger charge is 2.34. The van der Waals surface area contributed by atoms with Crippen molar-refractivity contribution in [2.24, 2.45) is 0 Å². The summed E-state index contributed by atoms with van der Waals surface area (Å²) in [6, 6.07) is 23.8. The quantitative estimate of drug-likeness (QED) is 0.150. The third-order valence-electron chi connectivity index (χ3n) is 10.0. The van der Waals surface area contributed by atoms with E-state index in [1.807, 2.05) is 64.1 Å². The van der Waals surface area contributed by atoms with Crippen molar-refractivity contribution < 1.29 is 30.7 Å². The summed E-state index contributed by atoms with van der Waals surface area (Å²) in [5.41, 5.74) is 7.11. The summed E-state index contributed by atoms with van der Waals surface area (Å²) < 4.78 is 90.1. The van der Waals surface area contributed by atoms with Crippen molar-refractivity contribution in [3.8, 4) is 11.1 Å². The zero-order chi connectivity index (χ0) is 47.4. The van der Waals surface area contributed by atoms with E-state index >= 15 is 0 Å². The molecule has 0 atom stereocenters. The van der Waals surface area contributed by atoms with Gasteiger partial charge in [-0.25, -0.2) is 19.3 Å². The van der Waals surface area contributed by atoms with Crippen LogP contribution < -0.4 is 0 Å². The number of hydrogen-bond acceptors (Lipinski definition) is 3. The lowest BCUT2D eigenvalue weighted by Gasteiger charge is -2.12. The van der Waals surface area contributed by atoms with E-state index in [4.69, 9.17) is 11.6 Å². The summed E-state index contributed by atoms with van der Waals surface area (Å²) in [5, 5.41) is 0.134. The molecule has 3 aromatic heterocycles. The van der Waals surface area contributed by atoms with Crippen LogP contribution in [0.1, 0.15) is 124 Å². The highest BCUT2D eigenvalue weighted by Crippen LogP contribution is 2.36. The van der Waals surface area contributed by atoms with E-state index in [-0.39, 0.29) is 22.4 Å². The van der Waals surface area contributed by atoms with Crippen LogP contribution in [0.3, 0.4) is 0 Å². The van der Waals surface area contributed by atoms with Gasteiger partial charge in [-0.15, -0.1) is 0 Å². The van der Waals surface area contributed by atoms with Crippen LogP contribution in [0.15, 0.2) is 89.4 Å². The van der Waals surface area contributed by atoms with Gasteiger partial charge >= 0.3 is 12.4 Å². The number of halogens is 9. The summed E-state index contributed by atoms with van der Waals surface area (Å²) >= 11 is 9.26. The van der Waals surface area contributed by atoms with Crippen LogP contribution in [-0.2, 0) is 12.4 Å². The molecular formula is C49H51BrClF7N6. The number of fused-ring (bicyclic) bond motifs is 3. The summed E-state index contributed by atoms with van der Waals surface area (Å²) in [7, 11) is 0. The van der Waals surface area contributed by atoms with Crippen LogP contribution in [0.25, 0.3) is 44.2 Å². The van der Waals surface area contributed by atoms with Gasteiger partial charge < -0.3 is 15.0 Å². The molecule has 0 aliphatic heterocycles. The van der Waals surface area contributed by atoms with Crippen molar-refractivity contribution in [3.05, 3.63) is 146 Å². The Kier molecular flexibility index (Phi) is 15.8. The standard InChI is InChI=1S/C16H14ClFN2.C12H13F3N2.C11H13F3.C10H11BrN2/c1-9(2)16-19-14-6-4-11(8-15(14)20-16)10-3-5-13(18)12(17)7-10;1-6(2)11-16-9-5-7(3)4-8(10(9)17-11)12(13,14)15;1-7(2)9-4-8(3)5-10(6-9)11(12,13)14;1-6(2)10-12-8-4-3-7(11)5-9(8)13-10/h3-9H,1-2H3,(H,19,20);4-6H,1-3H3,(H,16,17);4-7H,1-3H3;3-6H,1-2H3,(H,12,13). The van der Waals surface area contributed by atoms with Gasteiger partial charge in [0.05, 0.1) is 43.7 Å². The van der Waals surface area contributed by atoms with E-state index in [9.17, 15) is 30.7 Å². The maximum Gasteiger partial charge on any atom is 0.418 e. The average molecular weight is 972 g/mol. The van der Waals surface area contributed by atoms with Gasteiger partial charge in [0.2, 0.25) is 0 Å². The molecule has 0 unspecified atom stereocenters. The largest absolute Gasteiger partial charge is 0.418 e. The van der Waals surface area contributed by atoms with Gasteiger partial charge in [0, 0.05) is 22.2 Å². The molecule has 0 bridgehead atoms. The van der Waals surface area contributed by atoms with Crippen molar-refractivity contribution in [2.75, 3.05) is 0 Å². The number of nitrogens with zero attached hydrogens (tertiary/aromatic N) is 3. The Balaban J connectivity index is 0.000000163. The van der Waals surface area contributed by atoms with E-state index in [1.54, 1.807) is 38.1 Å². The van der Waals surface area contributed by atoms with Gasteiger partial charge in [0.1, 0.15) is 28.8 Å². The molecule has 8 rings (SSSR count). The van der Waals surface area contributed by atoms with Gasteiger partial charge in [0.15, 0.2) is 0 Å². The van der Waals surface area contributed by atoms with Gasteiger partial charge in [-0.2, -0.15) is 26.3 Å². The van der Waals surface area contributed by atoms with Crippen LogP contribution in [0.2, 0.25) is 5.02 Å². The monoisotopic (exact) mass is 970 g/mol. The van der Waals surface area contributed by atoms with Crippen molar-refractivity contribution >= 4 is 60.6 Å². The van der Waals surface area contributed by atoms with Crippen LogP contribution in [0.4, 0.5) is 30.7 Å². The number of H-pyrrole nitrogens is 3. The normalized spacial score (nSPS) is 11.9. The molecule has 0 spiro atoms. The fourth-order valence-electron chi connectivity index (χ4n) is 6.51. The molecule has 5 aromatic carbocycles. The number of alkyl halides is 6. The highest BCUT2D eigenvalue weighted by atomic mass is 79.9. The predicted octanol–water partition coefficient (Wildman–Crippen LogP) is 16.7. The summed E-state index contributed by atoms with van der Waals surface area (Å²) in [4.78, 5) is 22.6. The van der Waals surface area contributed by atoms with Gasteiger partial charge in [-0.3, -0.25) is 0 Å². The minimum atomic E-state index is -4.37. The molecule has 0 aliphatic rings. The molecule has 340 valence electrons. The predicted molar refractivity (Wildman–Crippen MR) is 249 cm³/mol. The number of nitrogens with one attached hydrogen (secondary N) is 3. The number of aromatic amines is 3. The molecule has 3 N–H and O–H groups in total. The highest BCUT2D eigenvalue weighted by molar-refractivity contribution is 9.10. The zero-order valence-corrected chi connectivity index (χ0v) is 39.5. The van der Waals surface area contributed by atoms with Gasteiger partial charge in [-0.05, 0) is 109 Å². The molecule has 0 amide bonds. The van der Waals surface area contributed by atoms with Crippen LogP contribution >= 0.6 is 27.5 Å². The lowest BCUT2D eigenvalue weighted by molar-refractivity contribution is -0.138. The number of benzene rings is 5. The first-order valence-electron chi connectivity index (χ1n) is 20.7. The van der Waals surface area contributed by atoms with Crippen molar-refractivity contribution in [3.63, 3.8) is 0 Å². The first-order valence-corrected chi connectivity index (χ1v) is 21.8. The third-order valence-corrected chi connectivity index (χ3v) is 10.8. The lowest BCUT2D eigenvalue weighted by atomic mass is 9.98. The zero-order valence-electron chi connectivity index (χ0n) is 37.1. The molecule has 0 saturated carbocycles. The van der Waals surface area contributed by atoms with Crippen molar-refractivity contribution in [1.82, 2.24) is 29.9 Å². The summed E-state index contributed by atoms with van der Waals surface area (Å²) in [6.45, 7) is 19.3. The smallest absolute Gasteiger partial charge is 0.342 e. The number of rotatable bonds is 5. The molecule has 0 aliphatic carbocycles. The fourth-order valence-corrected chi connectivity index (χ4v) is 7.05. The second kappa shape index (κ2) is 20.3. The molecule has 0 fully saturated rings. The molecular weight excluding hydrogens is 921 g/mol. The Labute approximate surface area is 381 Å². The van der Waals surface area contributed by atoms with Gasteiger partial charge in [0.25, 0.3) is 0 Å². The van der Waals surface area contributed by atoms with Gasteiger partial charge in [-0.1, -0.05) is 107 Å². The molecule has 0 radical (unpaired) electrons. The third kappa shape index (κ3) is 12.7. The Hall–Kier alpha value is -5.21. The Morgan fingerprint density at radius 1 is 0.531 bits per heavy atom. The summed E-state index contributed by atoms with van der Waals surface area (Å²) in [5.74, 6) is 3.19. The first-order chi connectivity index (χ1) is 29.8. The molecule has 3 heterocycles. The topological polar surface area (TPSA) is 86.0 Å². The van der Waals surface area contributed by atoms with Crippen molar-refractivity contribution in [1.29, 1.82) is 0 Å². The van der Waals surface area contributed by atoms with Crippen LogP contribution in [0.5, 0.6) is 0 Å². The summed E-state index contributed by atoms with van der Waals surface area (Å²) in [6.07, 6.45) is -8.61. The molecule has 0 saturated heterocycles. The average Bonchev–Trinajstić information content (AvgIpc) is 3.95. The molecule has 64 heavy (non-hydrogen) atoms. The molecule has 8 aromatic rings. The second-order valence-corrected chi connectivity index (χ2v) is 18.2. The number of aromatic nitrogens is 6.